The van der Waals surface area contributed by atoms with Gasteiger partial charge in [0.25, 0.3) is 11.8 Å². The molecule has 1 heterocycles. The van der Waals surface area contributed by atoms with Crippen molar-refractivity contribution in [2.75, 3.05) is 6.54 Å². The number of hydrogen-bond donors (Lipinski definition) is 5. The van der Waals surface area contributed by atoms with Crippen LogP contribution in [0.5, 0.6) is 5.75 Å². The SMILES string of the molecule is Cc1ncc(COP(=O)(O)O)c(/C=N/NC(=O)CNC(=O)c2ccccc2C(F)(F)F)c1O. The van der Waals surface area contributed by atoms with E-state index in [4.69, 9.17) is 9.79 Å². The molecule has 0 atom stereocenters. The molecule has 0 aliphatic heterocycles. The van der Waals surface area contributed by atoms with Crippen LogP contribution in [0.1, 0.15) is 32.7 Å². The van der Waals surface area contributed by atoms with E-state index < -0.39 is 55.8 Å². The van der Waals surface area contributed by atoms with Gasteiger partial charge in [0, 0.05) is 17.3 Å². The molecule has 0 unspecified atom stereocenters. The van der Waals surface area contributed by atoms with Crippen LogP contribution in [0.3, 0.4) is 0 Å². The third-order valence-corrected chi connectivity index (χ3v) is 4.48. The van der Waals surface area contributed by atoms with Crippen molar-refractivity contribution in [2.45, 2.75) is 19.7 Å². The summed E-state index contributed by atoms with van der Waals surface area (Å²) < 4.78 is 54.2. The standard InChI is InChI=1S/C18H18F3N4O7P/c1-10-16(27)13(11(6-22-10)9-32-33(29,30)31)7-24-25-15(26)8-23-17(28)12-4-2-3-5-14(12)18(19,20)21/h2-7,27H,8-9H2,1H3,(H,23,28)(H,25,26)(H2,29,30,31)/b24-7+. The fourth-order valence-corrected chi connectivity index (χ4v) is 2.76. The molecule has 1 aromatic heterocycles. The Kier molecular flexibility index (Phi) is 8.28. The lowest BCUT2D eigenvalue weighted by Crippen LogP contribution is -2.35. The van der Waals surface area contributed by atoms with Crippen LogP contribution in [0.25, 0.3) is 0 Å². The van der Waals surface area contributed by atoms with Crippen LogP contribution in [0, 0.1) is 6.92 Å². The summed E-state index contributed by atoms with van der Waals surface area (Å²) in [6.45, 7) is 0.0974. The van der Waals surface area contributed by atoms with E-state index in [-0.39, 0.29) is 16.8 Å². The Hall–Kier alpha value is -3.32. The second-order valence-electron chi connectivity index (χ2n) is 6.41. The number of alkyl halides is 3. The zero-order valence-electron chi connectivity index (χ0n) is 16.8. The Morgan fingerprint density at radius 1 is 1.27 bits per heavy atom. The van der Waals surface area contributed by atoms with Crippen LogP contribution >= 0.6 is 7.82 Å². The summed E-state index contributed by atoms with van der Waals surface area (Å²) in [6, 6.07) is 4.06. The average Bonchev–Trinajstić information content (AvgIpc) is 2.73. The second-order valence-corrected chi connectivity index (χ2v) is 7.65. The number of aryl methyl sites for hydroxylation is 1. The first-order valence-corrected chi connectivity index (χ1v) is 10.5. The van der Waals surface area contributed by atoms with Gasteiger partial charge in [-0.05, 0) is 19.1 Å². The summed E-state index contributed by atoms with van der Waals surface area (Å²) in [4.78, 5) is 45.4. The first kappa shape index (κ1) is 25.9. The number of hydrazone groups is 1. The topological polar surface area (TPSA) is 170 Å². The van der Waals surface area contributed by atoms with E-state index in [2.05, 4.69) is 14.6 Å². The van der Waals surface area contributed by atoms with Gasteiger partial charge in [0.2, 0.25) is 0 Å². The Balaban J connectivity index is 2.03. The number of phosphoric ester groups is 1. The monoisotopic (exact) mass is 490 g/mol. The highest BCUT2D eigenvalue weighted by atomic mass is 31.2. The summed E-state index contributed by atoms with van der Waals surface area (Å²) in [5.41, 5.74) is 0.313. The average molecular weight is 490 g/mol. The lowest BCUT2D eigenvalue weighted by atomic mass is 10.1. The van der Waals surface area contributed by atoms with Crippen molar-refractivity contribution in [1.82, 2.24) is 15.7 Å². The Labute approximate surface area is 184 Å². The minimum absolute atomic E-state index is 0.0384. The van der Waals surface area contributed by atoms with Gasteiger partial charge in [-0.3, -0.25) is 19.1 Å². The third kappa shape index (κ3) is 7.64. The fourth-order valence-electron chi connectivity index (χ4n) is 2.46. The van der Waals surface area contributed by atoms with Crippen LogP contribution in [-0.2, 0) is 26.7 Å². The highest BCUT2D eigenvalue weighted by molar-refractivity contribution is 7.46. The van der Waals surface area contributed by atoms with Crippen molar-refractivity contribution in [3.63, 3.8) is 0 Å². The molecule has 1 aromatic carbocycles. The van der Waals surface area contributed by atoms with E-state index in [1.54, 1.807) is 0 Å². The number of carbonyl (C=O) groups is 2. The summed E-state index contributed by atoms with van der Waals surface area (Å²) in [6.07, 6.45) is -2.64. The quantitative estimate of drug-likeness (QED) is 0.211. The number of aromatic hydroxyl groups is 1. The molecule has 0 aliphatic rings. The van der Waals surface area contributed by atoms with Gasteiger partial charge >= 0.3 is 14.0 Å². The molecular weight excluding hydrogens is 472 g/mol. The van der Waals surface area contributed by atoms with Gasteiger partial charge in [-0.2, -0.15) is 18.3 Å². The molecule has 0 radical (unpaired) electrons. The molecule has 2 amide bonds. The van der Waals surface area contributed by atoms with Gasteiger partial charge in [-0.25, -0.2) is 9.99 Å². The minimum atomic E-state index is -4.81. The second kappa shape index (κ2) is 10.5. The largest absolute Gasteiger partial charge is 0.505 e. The van der Waals surface area contributed by atoms with Crippen molar-refractivity contribution in [3.05, 3.63) is 58.4 Å². The minimum Gasteiger partial charge on any atom is -0.505 e. The van der Waals surface area contributed by atoms with Crippen LogP contribution in [0.15, 0.2) is 35.6 Å². The molecular formula is C18H18F3N4O7P. The number of nitrogens with zero attached hydrogens (tertiary/aromatic N) is 2. The molecule has 2 aromatic rings. The van der Waals surface area contributed by atoms with Gasteiger partial charge in [0.15, 0.2) is 0 Å². The normalized spacial score (nSPS) is 12.1. The number of pyridine rings is 1. The number of aromatic nitrogens is 1. The van der Waals surface area contributed by atoms with Crippen LogP contribution < -0.4 is 10.7 Å². The molecule has 0 fully saturated rings. The molecule has 5 N–H and O–H groups in total. The molecule has 0 saturated heterocycles. The molecule has 0 aliphatic carbocycles. The number of nitrogens with one attached hydrogen (secondary N) is 2. The molecule has 0 saturated carbocycles. The van der Waals surface area contributed by atoms with E-state index in [9.17, 15) is 32.4 Å². The molecule has 33 heavy (non-hydrogen) atoms. The van der Waals surface area contributed by atoms with Crippen LogP contribution in [-0.4, -0.2) is 44.5 Å². The lowest BCUT2D eigenvalue weighted by Gasteiger charge is -2.12. The van der Waals surface area contributed by atoms with E-state index in [1.165, 1.54) is 19.2 Å². The van der Waals surface area contributed by atoms with E-state index >= 15 is 0 Å². The number of benzene rings is 1. The maximum Gasteiger partial charge on any atom is 0.469 e. The Morgan fingerprint density at radius 2 is 1.94 bits per heavy atom. The fraction of sp³-hybridized carbons (Fsp3) is 0.222. The molecule has 11 nitrogen and oxygen atoms in total. The number of halogens is 3. The van der Waals surface area contributed by atoms with Gasteiger partial charge in [-0.1, -0.05) is 12.1 Å². The van der Waals surface area contributed by atoms with Gasteiger partial charge < -0.3 is 20.2 Å². The van der Waals surface area contributed by atoms with Crippen LogP contribution in [0.4, 0.5) is 13.2 Å². The smallest absolute Gasteiger partial charge is 0.469 e. The maximum absolute atomic E-state index is 13.0. The Bertz CT molecular complexity index is 1120. The van der Waals surface area contributed by atoms with Gasteiger partial charge in [0.1, 0.15) is 5.75 Å². The molecule has 178 valence electrons. The number of carbonyl (C=O) groups excluding carboxylic acids is 2. The number of hydrogen-bond acceptors (Lipinski definition) is 7. The highest BCUT2D eigenvalue weighted by Crippen LogP contribution is 2.37. The summed E-state index contributed by atoms with van der Waals surface area (Å²) in [5.74, 6) is -2.42. The first-order chi connectivity index (χ1) is 15.3. The van der Waals surface area contributed by atoms with Crippen molar-refractivity contribution >= 4 is 25.9 Å². The van der Waals surface area contributed by atoms with Crippen molar-refractivity contribution in [2.24, 2.45) is 5.10 Å². The summed E-state index contributed by atoms with van der Waals surface area (Å²) in [7, 11) is -4.81. The van der Waals surface area contributed by atoms with Crippen molar-refractivity contribution in [3.8, 4) is 5.75 Å². The summed E-state index contributed by atoms with van der Waals surface area (Å²) in [5, 5.41) is 15.7. The van der Waals surface area contributed by atoms with Crippen molar-refractivity contribution in [1.29, 1.82) is 0 Å². The van der Waals surface area contributed by atoms with Gasteiger partial charge in [-0.15, -0.1) is 0 Å². The van der Waals surface area contributed by atoms with E-state index in [0.29, 0.717) is 0 Å². The van der Waals surface area contributed by atoms with Crippen molar-refractivity contribution < 1.29 is 46.7 Å². The number of amides is 2. The zero-order valence-corrected chi connectivity index (χ0v) is 17.7. The highest BCUT2D eigenvalue weighted by Gasteiger charge is 2.34. The number of phosphoric acid groups is 1. The predicted octanol–water partition coefficient (Wildman–Crippen LogP) is 1.60. The zero-order chi connectivity index (χ0) is 24.8. The Morgan fingerprint density at radius 3 is 2.58 bits per heavy atom. The van der Waals surface area contributed by atoms with E-state index in [1.807, 2.05) is 10.7 Å². The molecule has 15 heteroatoms. The maximum atomic E-state index is 13.0. The number of rotatable bonds is 8. The molecule has 0 bridgehead atoms. The predicted molar refractivity (Wildman–Crippen MR) is 107 cm³/mol. The molecule has 2 rings (SSSR count). The van der Waals surface area contributed by atoms with Crippen LogP contribution in [0.2, 0.25) is 0 Å². The third-order valence-electron chi connectivity index (χ3n) is 4.02. The van der Waals surface area contributed by atoms with E-state index in [0.717, 1.165) is 24.4 Å². The first-order valence-electron chi connectivity index (χ1n) is 8.93. The summed E-state index contributed by atoms with van der Waals surface area (Å²) >= 11 is 0. The molecule has 0 spiro atoms. The van der Waals surface area contributed by atoms with Gasteiger partial charge in [0.05, 0.1) is 36.2 Å². The lowest BCUT2D eigenvalue weighted by molar-refractivity contribution is -0.137.